The summed E-state index contributed by atoms with van der Waals surface area (Å²) < 4.78 is 8.37. The summed E-state index contributed by atoms with van der Waals surface area (Å²) in [6.45, 7) is 0. The van der Waals surface area contributed by atoms with Crippen LogP contribution in [0.15, 0.2) is 102 Å². The highest BCUT2D eigenvalue weighted by atomic mass is 16.3. The van der Waals surface area contributed by atoms with Crippen LogP contribution in [0.2, 0.25) is 0 Å². The first-order chi connectivity index (χ1) is 12.3. The van der Waals surface area contributed by atoms with Crippen LogP contribution >= 0.6 is 0 Å². The molecule has 0 aliphatic heterocycles. The molecule has 2 aromatic carbocycles. The Morgan fingerprint density at radius 2 is 1.12 bits per heavy atom. The van der Waals surface area contributed by atoms with Crippen LogP contribution in [0.3, 0.4) is 0 Å². The molecule has 0 spiro atoms. The van der Waals surface area contributed by atoms with E-state index in [1.165, 1.54) is 0 Å². The lowest BCUT2D eigenvalue weighted by Crippen LogP contribution is -2.29. The maximum atomic E-state index is 6.24. The molecule has 120 valence electrons. The number of rotatable bonds is 3. The second-order valence-electron chi connectivity index (χ2n) is 6.00. The highest BCUT2D eigenvalue weighted by Gasteiger charge is 2.23. The van der Waals surface area contributed by atoms with Crippen molar-refractivity contribution in [1.29, 1.82) is 0 Å². The number of aromatic nitrogens is 1. The van der Waals surface area contributed by atoms with Crippen molar-refractivity contribution < 1.29 is 8.98 Å². The highest BCUT2D eigenvalue weighted by molar-refractivity contribution is 5.71. The Bertz CT molecular complexity index is 937. The third-order valence-electron chi connectivity index (χ3n) is 4.26. The molecule has 0 N–H and O–H groups in total. The maximum absolute atomic E-state index is 6.24. The van der Waals surface area contributed by atoms with E-state index in [-0.39, 0.29) is 0 Å². The number of nitrogens with zero attached hydrogens (tertiary/aromatic N) is 1. The molecule has 2 nitrogen and oxygen atoms in total. The normalized spacial score (nSPS) is 10.6. The van der Waals surface area contributed by atoms with Crippen LogP contribution in [0.5, 0.6) is 0 Å². The quantitative estimate of drug-likeness (QED) is 0.364. The van der Waals surface area contributed by atoms with Crippen molar-refractivity contribution in [2.45, 2.75) is 0 Å². The average molecular weight is 325 g/mol. The van der Waals surface area contributed by atoms with Crippen molar-refractivity contribution in [2.24, 2.45) is 7.05 Å². The largest absolute Gasteiger partial charge is 0.361 e. The Balaban J connectivity index is 1.94. The predicted molar refractivity (Wildman–Crippen MR) is 101 cm³/mol. The maximum Gasteiger partial charge on any atom is 0.361 e. The van der Waals surface area contributed by atoms with E-state index in [0.717, 1.165) is 33.9 Å². The van der Waals surface area contributed by atoms with Gasteiger partial charge >= 0.3 is 11.5 Å². The van der Waals surface area contributed by atoms with E-state index in [0.29, 0.717) is 0 Å². The molecule has 0 saturated heterocycles. The molecule has 2 aromatic heterocycles. The third-order valence-corrected chi connectivity index (χ3v) is 4.26. The van der Waals surface area contributed by atoms with Crippen LogP contribution < -0.4 is 4.57 Å². The van der Waals surface area contributed by atoms with Crippen LogP contribution in [-0.4, -0.2) is 0 Å². The highest BCUT2D eigenvalue weighted by Crippen LogP contribution is 2.31. The van der Waals surface area contributed by atoms with Crippen molar-refractivity contribution >= 4 is 0 Å². The van der Waals surface area contributed by atoms with Crippen LogP contribution in [-0.2, 0) is 7.05 Å². The molecule has 25 heavy (non-hydrogen) atoms. The molecule has 4 aromatic rings. The van der Waals surface area contributed by atoms with Crippen LogP contribution in [0.1, 0.15) is 0 Å². The summed E-state index contributed by atoms with van der Waals surface area (Å²) >= 11 is 0. The van der Waals surface area contributed by atoms with E-state index >= 15 is 0 Å². The van der Waals surface area contributed by atoms with Gasteiger partial charge in [0.15, 0.2) is 6.20 Å². The second kappa shape index (κ2) is 6.70. The molecule has 0 aliphatic rings. The first kappa shape index (κ1) is 15.3. The number of benzene rings is 2. The van der Waals surface area contributed by atoms with Crippen molar-refractivity contribution in [3.63, 3.8) is 0 Å². The van der Waals surface area contributed by atoms with Gasteiger partial charge in [-0.15, -0.1) is 0 Å². The van der Waals surface area contributed by atoms with Crippen molar-refractivity contribution in [3.8, 4) is 33.9 Å². The SMILES string of the molecule is C[n+]1ccccc1-c1cc(-c2ccccc2)[o+]c(-c2ccccc2)c1. The fraction of sp³-hybridized carbons (Fsp3) is 0.0435. The molecule has 0 bridgehead atoms. The molecular formula is C23H19NO+2. The lowest BCUT2D eigenvalue weighted by molar-refractivity contribution is -0.660. The second-order valence-corrected chi connectivity index (χ2v) is 6.00. The molecule has 0 amide bonds. The van der Waals surface area contributed by atoms with E-state index in [1.807, 2.05) is 42.5 Å². The van der Waals surface area contributed by atoms with Gasteiger partial charge in [-0.2, -0.15) is 0 Å². The first-order valence-corrected chi connectivity index (χ1v) is 8.35. The van der Waals surface area contributed by atoms with E-state index in [1.54, 1.807) is 0 Å². The smallest absolute Gasteiger partial charge is 0.207 e. The number of hydrogen-bond acceptors (Lipinski definition) is 0. The van der Waals surface area contributed by atoms with E-state index < -0.39 is 0 Å². The molecule has 0 atom stereocenters. The predicted octanol–water partition coefficient (Wildman–Crippen LogP) is 5.39. The standard InChI is InChI=1S/C23H19NO/c1-24-15-9-8-14-21(24)20-16-22(18-10-4-2-5-11-18)25-23(17-20)19-12-6-3-7-13-19/h2-17H,1H3/q+2. The molecule has 0 aliphatic carbocycles. The van der Waals surface area contributed by atoms with Crippen LogP contribution in [0, 0.1) is 0 Å². The summed E-state index contributed by atoms with van der Waals surface area (Å²) in [5, 5.41) is 0. The van der Waals surface area contributed by atoms with Gasteiger partial charge in [-0.1, -0.05) is 36.4 Å². The molecule has 2 heterocycles. The summed E-state index contributed by atoms with van der Waals surface area (Å²) in [6, 6.07) is 30.9. The summed E-state index contributed by atoms with van der Waals surface area (Å²) in [6.07, 6.45) is 2.06. The van der Waals surface area contributed by atoms with E-state index in [4.69, 9.17) is 4.42 Å². The minimum absolute atomic E-state index is 0.862. The number of aryl methyl sites for hydroxylation is 1. The Kier molecular flexibility index (Phi) is 4.09. The van der Waals surface area contributed by atoms with Gasteiger partial charge in [-0.05, 0) is 30.3 Å². The Labute approximate surface area is 147 Å². The summed E-state index contributed by atoms with van der Waals surface area (Å²) in [5.74, 6) is 1.72. The molecule has 0 unspecified atom stereocenters. The van der Waals surface area contributed by atoms with Crippen molar-refractivity contribution in [3.05, 3.63) is 97.2 Å². The first-order valence-electron chi connectivity index (χ1n) is 8.35. The lowest BCUT2D eigenvalue weighted by atomic mass is 10.0. The third kappa shape index (κ3) is 3.20. The fourth-order valence-corrected chi connectivity index (χ4v) is 2.96. The van der Waals surface area contributed by atoms with Gasteiger partial charge in [-0.3, -0.25) is 0 Å². The molecule has 2 heteroatoms. The van der Waals surface area contributed by atoms with Gasteiger partial charge in [0, 0.05) is 12.1 Å². The molecule has 0 radical (unpaired) electrons. The van der Waals surface area contributed by atoms with Gasteiger partial charge in [0.25, 0.3) is 0 Å². The summed E-state index contributed by atoms with van der Waals surface area (Å²) in [5.41, 5.74) is 4.42. The van der Waals surface area contributed by atoms with Crippen molar-refractivity contribution in [2.75, 3.05) is 0 Å². The Morgan fingerprint density at radius 3 is 1.64 bits per heavy atom. The zero-order valence-electron chi connectivity index (χ0n) is 14.1. The van der Waals surface area contributed by atoms with E-state index in [2.05, 4.69) is 66.3 Å². The topological polar surface area (TPSA) is 15.2 Å². The van der Waals surface area contributed by atoms with Crippen molar-refractivity contribution in [1.82, 2.24) is 0 Å². The molecular weight excluding hydrogens is 306 g/mol. The zero-order valence-corrected chi connectivity index (χ0v) is 14.1. The Hall–Kier alpha value is -3.26. The van der Waals surface area contributed by atoms with Crippen LogP contribution in [0.25, 0.3) is 33.9 Å². The van der Waals surface area contributed by atoms with Gasteiger partial charge in [0.05, 0.1) is 28.8 Å². The van der Waals surface area contributed by atoms with Gasteiger partial charge < -0.3 is 0 Å². The lowest BCUT2D eigenvalue weighted by Gasteiger charge is -2.01. The minimum atomic E-state index is 0.862. The molecule has 4 rings (SSSR count). The zero-order chi connectivity index (χ0) is 17.1. The monoisotopic (exact) mass is 325 g/mol. The fourth-order valence-electron chi connectivity index (χ4n) is 2.96. The summed E-state index contributed by atoms with van der Waals surface area (Å²) in [7, 11) is 2.06. The van der Waals surface area contributed by atoms with E-state index in [9.17, 15) is 0 Å². The molecule has 0 fully saturated rings. The minimum Gasteiger partial charge on any atom is -0.207 e. The van der Waals surface area contributed by atoms with Gasteiger partial charge in [0.2, 0.25) is 5.69 Å². The van der Waals surface area contributed by atoms with Crippen LogP contribution in [0.4, 0.5) is 0 Å². The molecule has 0 saturated carbocycles. The number of pyridine rings is 1. The number of hydrogen-bond donors (Lipinski definition) is 0. The Morgan fingerprint density at radius 1 is 0.600 bits per heavy atom. The average Bonchev–Trinajstić information content (AvgIpc) is 2.69. The van der Waals surface area contributed by atoms with Gasteiger partial charge in [0.1, 0.15) is 7.05 Å². The van der Waals surface area contributed by atoms with Gasteiger partial charge in [-0.25, -0.2) is 8.98 Å². The summed E-state index contributed by atoms with van der Waals surface area (Å²) in [4.78, 5) is 0.